The van der Waals surface area contributed by atoms with Gasteiger partial charge in [0.2, 0.25) is 0 Å². The summed E-state index contributed by atoms with van der Waals surface area (Å²) in [6.45, 7) is 0.426. The van der Waals surface area contributed by atoms with Crippen molar-refractivity contribution in [1.82, 2.24) is 0 Å². The summed E-state index contributed by atoms with van der Waals surface area (Å²) in [7, 11) is 0. The summed E-state index contributed by atoms with van der Waals surface area (Å²) in [4.78, 5) is 10.8. The van der Waals surface area contributed by atoms with Crippen molar-refractivity contribution in [3.8, 4) is 5.75 Å². The molecule has 0 unspecified atom stereocenters. The van der Waals surface area contributed by atoms with Gasteiger partial charge in [0.25, 0.3) is 0 Å². The fourth-order valence-electron chi connectivity index (χ4n) is 1.43. The summed E-state index contributed by atoms with van der Waals surface area (Å²) in [5.41, 5.74) is 1.23. The first kappa shape index (κ1) is 8.81. The predicted octanol–water partition coefficient (Wildman–Crippen LogP) is 1.94. The Morgan fingerprint density at radius 1 is 1.36 bits per heavy atom. The van der Waals surface area contributed by atoms with Crippen LogP contribution in [-0.4, -0.2) is 17.7 Å². The van der Waals surface area contributed by atoms with Crippen LogP contribution in [-0.2, 0) is 4.79 Å². The maximum absolute atomic E-state index is 10.8. The number of fused-ring (bicyclic) bond motifs is 1. The van der Waals surface area contributed by atoms with Gasteiger partial charge in [-0.15, -0.1) is 0 Å². The van der Waals surface area contributed by atoms with Crippen molar-refractivity contribution in [2.45, 2.75) is 6.42 Å². The van der Waals surface area contributed by atoms with Crippen LogP contribution in [0.3, 0.4) is 0 Å². The van der Waals surface area contributed by atoms with E-state index < -0.39 is 5.97 Å². The number of carbonyl (C=O) groups is 1. The highest BCUT2D eigenvalue weighted by Crippen LogP contribution is 2.25. The standard InChI is InChI=1S/C11H10O3/c12-11(13)9-5-6-14-10-4-2-1-3-8(10)7-9/h1-4,7H,5-6H2,(H,12,13). The zero-order chi connectivity index (χ0) is 9.97. The van der Waals surface area contributed by atoms with E-state index in [0.29, 0.717) is 18.6 Å². The zero-order valence-corrected chi connectivity index (χ0v) is 7.56. The largest absolute Gasteiger partial charge is 0.493 e. The van der Waals surface area contributed by atoms with Crippen molar-refractivity contribution in [1.29, 1.82) is 0 Å². The predicted molar refractivity (Wildman–Crippen MR) is 52.2 cm³/mol. The molecular weight excluding hydrogens is 180 g/mol. The van der Waals surface area contributed by atoms with Gasteiger partial charge in [0.05, 0.1) is 6.61 Å². The van der Waals surface area contributed by atoms with E-state index in [0.717, 1.165) is 11.3 Å². The lowest BCUT2D eigenvalue weighted by molar-refractivity contribution is -0.132. The lowest BCUT2D eigenvalue weighted by Crippen LogP contribution is -2.03. The molecule has 0 saturated heterocycles. The molecule has 0 fully saturated rings. The quantitative estimate of drug-likeness (QED) is 0.736. The minimum Gasteiger partial charge on any atom is -0.493 e. The third-order valence-corrected chi connectivity index (χ3v) is 2.15. The van der Waals surface area contributed by atoms with Gasteiger partial charge >= 0.3 is 5.97 Å². The minimum atomic E-state index is -0.870. The van der Waals surface area contributed by atoms with E-state index in [-0.39, 0.29) is 0 Å². The molecular formula is C11H10O3. The normalized spacial score (nSPS) is 14.7. The van der Waals surface area contributed by atoms with Crippen LogP contribution in [0.1, 0.15) is 12.0 Å². The van der Waals surface area contributed by atoms with Gasteiger partial charge in [-0.1, -0.05) is 18.2 Å². The average Bonchev–Trinajstić information content (AvgIpc) is 2.39. The number of rotatable bonds is 1. The van der Waals surface area contributed by atoms with Gasteiger partial charge in [-0.25, -0.2) is 4.79 Å². The van der Waals surface area contributed by atoms with E-state index in [1.54, 1.807) is 6.08 Å². The Morgan fingerprint density at radius 3 is 2.93 bits per heavy atom. The first-order valence-electron chi connectivity index (χ1n) is 4.43. The molecule has 0 amide bonds. The fraction of sp³-hybridized carbons (Fsp3) is 0.182. The van der Waals surface area contributed by atoms with Crippen LogP contribution < -0.4 is 4.74 Å². The second kappa shape index (κ2) is 3.54. The number of benzene rings is 1. The molecule has 1 aliphatic heterocycles. The zero-order valence-electron chi connectivity index (χ0n) is 7.56. The smallest absolute Gasteiger partial charge is 0.331 e. The lowest BCUT2D eigenvalue weighted by atomic mass is 10.1. The minimum absolute atomic E-state index is 0.398. The van der Waals surface area contributed by atoms with E-state index in [2.05, 4.69) is 0 Å². The Balaban J connectivity index is 2.44. The van der Waals surface area contributed by atoms with E-state index in [1.807, 2.05) is 24.3 Å². The summed E-state index contributed by atoms with van der Waals surface area (Å²) in [6.07, 6.45) is 2.12. The number of para-hydroxylation sites is 1. The van der Waals surface area contributed by atoms with Crippen LogP contribution in [0.2, 0.25) is 0 Å². The van der Waals surface area contributed by atoms with Crippen LogP contribution in [0.15, 0.2) is 29.8 Å². The van der Waals surface area contributed by atoms with Gasteiger partial charge in [-0.05, 0) is 12.1 Å². The molecule has 0 saturated carbocycles. The fourth-order valence-corrected chi connectivity index (χ4v) is 1.43. The van der Waals surface area contributed by atoms with Crippen LogP contribution in [0, 0.1) is 0 Å². The van der Waals surface area contributed by atoms with Gasteiger partial charge in [0.15, 0.2) is 0 Å². The number of carboxylic acids is 1. The summed E-state index contributed by atoms with van der Waals surface area (Å²) in [6, 6.07) is 7.43. The molecule has 0 aliphatic carbocycles. The SMILES string of the molecule is O=C(O)C1=Cc2ccccc2OCC1. The molecule has 0 atom stereocenters. The number of aliphatic carboxylic acids is 1. The molecule has 1 aromatic rings. The Kier molecular flexibility index (Phi) is 2.23. The summed E-state index contributed by atoms with van der Waals surface area (Å²) >= 11 is 0. The van der Waals surface area contributed by atoms with Crippen molar-refractivity contribution in [3.63, 3.8) is 0 Å². The van der Waals surface area contributed by atoms with Gasteiger partial charge in [-0.3, -0.25) is 0 Å². The maximum Gasteiger partial charge on any atom is 0.331 e. The van der Waals surface area contributed by atoms with Gasteiger partial charge in [0.1, 0.15) is 5.75 Å². The number of hydrogen-bond acceptors (Lipinski definition) is 2. The Bertz CT molecular complexity index is 393. The molecule has 1 N–H and O–H groups in total. The molecule has 72 valence electrons. The van der Waals surface area contributed by atoms with Crippen LogP contribution in [0.4, 0.5) is 0 Å². The highest BCUT2D eigenvalue weighted by atomic mass is 16.5. The summed E-state index contributed by atoms with van der Waals surface area (Å²) < 4.78 is 5.41. The van der Waals surface area contributed by atoms with E-state index >= 15 is 0 Å². The second-order valence-electron chi connectivity index (χ2n) is 3.11. The molecule has 0 aromatic heterocycles. The van der Waals surface area contributed by atoms with Crippen LogP contribution in [0.5, 0.6) is 5.75 Å². The summed E-state index contributed by atoms with van der Waals surface area (Å²) in [5.74, 6) is -0.117. The molecule has 0 radical (unpaired) electrons. The highest BCUT2D eigenvalue weighted by Gasteiger charge is 2.13. The number of hydrogen-bond donors (Lipinski definition) is 1. The molecule has 0 bridgehead atoms. The van der Waals surface area contributed by atoms with Gasteiger partial charge in [0, 0.05) is 17.6 Å². The molecule has 3 nitrogen and oxygen atoms in total. The molecule has 1 aliphatic rings. The maximum atomic E-state index is 10.8. The molecule has 2 rings (SSSR count). The van der Waals surface area contributed by atoms with E-state index in [4.69, 9.17) is 9.84 Å². The molecule has 0 spiro atoms. The monoisotopic (exact) mass is 190 g/mol. The van der Waals surface area contributed by atoms with Gasteiger partial charge < -0.3 is 9.84 Å². The topological polar surface area (TPSA) is 46.5 Å². The first-order valence-corrected chi connectivity index (χ1v) is 4.43. The number of carboxylic acid groups (broad SMARTS) is 1. The summed E-state index contributed by atoms with van der Waals surface area (Å²) in [5, 5.41) is 8.86. The van der Waals surface area contributed by atoms with Crippen molar-refractivity contribution in [3.05, 3.63) is 35.4 Å². The van der Waals surface area contributed by atoms with E-state index in [1.165, 1.54) is 0 Å². The third-order valence-electron chi connectivity index (χ3n) is 2.15. The van der Waals surface area contributed by atoms with Crippen molar-refractivity contribution < 1.29 is 14.6 Å². The van der Waals surface area contributed by atoms with Crippen LogP contribution >= 0.6 is 0 Å². The van der Waals surface area contributed by atoms with Crippen molar-refractivity contribution in [2.75, 3.05) is 6.61 Å². The molecule has 3 heteroatoms. The first-order chi connectivity index (χ1) is 6.77. The second-order valence-corrected chi connectivity index (χ2v) is 3.11. The van der Waals surface area contributed by atoms with E-state index in [9.17, 15) is 4.79 Å². The third kappa shape index (κ3) is 1.62. The number of ether oxygens (including phenoxy) is 1. The Morgan fingerprint density at radius 2 is 2.14 bits per heavy atom. The lowest BCUT2D eigenvalue weighted by Gasteiger charge is -2.03. The highest BCUT2D eigenvalue weighted by molar-refractivity contribution is 5.92. The van der Waals surface area contributed by atoms with Crippen molar-refractivity contribution in [2.24, 2.45) is 0 Å². The molecule has 1 aromatic carbocycles. The van der Waals surface area contributed by atoms with Gasteiger partial charge in [-0.2, -0.15) is 0 Å². The van der Waals surface area contributed by atoms with Crippen LogP contribution in [0.25, 0.3) is 6.08 Å². The Labute approximate surface area is 81.6 Å². The Hall–Kier alpha value is -1.77. The molecule has 14 heavy (non-hydrogen) atoms. The molecule has 1 heterocycles. The van der Waals surface area contributed by atoms with Crippen molar-refractivity contribution >= 4 is 12.0 Å². The average molecular weight is 190 g/mol.